The number of hydrogen-bond acceptors (Lipinski definition) is 3. The number of nitrogens with two attached hydrogens (primary N) is 1. The summed E-state index contributed by atoms with van der Waals surface area (Å²) < 4.78 is 5.45. The summed E-state index contributed by atoms with van der Waals surface area (Å²) in [5.41, 5.74) is 5.80. The highest BCUT2D eigenvalue weighted by molar-refractivity contribution is 5.77. The summed E-state index contributed by atoms with van der Waals surface area (Å²) in [7, 11) is 0. The van der Waals surface area contributed by atoms with Crippen LogP contribution in [-0.2, 0) is 9.53 Å². The molecule has 0 aromatic carbocycles. The van der Waals surface area contributed by atoms with E-state index in [2.05, 4.69) is 0 Å². The summed E-state index contributed by atoms with van der Waals surface area (Å²) in [5.74, 6) is 0.155. The molecular weight excluding hydrogens is 202 g/mol. The van der Waals surface area contributed by atoms with Gasteiger partial charge in [-0.05, 0) is 58.3 Å². The molecule has 1 unspecified atom stereocenters. The van der Waals surface area contributed by atoms with Gasteiger partial charge < -0.3 is 10.5 Å². The second-order valence-electron chi connectivity index (χ2n) is 6.49. The van der Waals surface area contributed by atoms with Gasteiger partial charge in [0, 0.05) is 6.04 Å². The number of ether oxygens (including phenoxy) is 1. The minimum atomic E-state index is -0.355. The van der Waals surface area contributed by atoms with E-state index in [1.165, 1.54) is 0 Å². The van der Waals surface area contributed by atoms with E-state index in [9.17, 15) is 4.79 Å². The number of esters is 1. The summed E-state index contributed by atoms with van der Waals surface area (Å²) in [6.07, 6.45) is 5.38. The third-order valence-corrected chi connectivity index (χ3v) is 3.91. The molecule has 0 aromatic rings. The van der Waals surface area contributed by atoms with Gasteiger partial charge in [-0.2, -0.15) is 0 Å². The Morgan fingerprint density at radius 1 is 1.31 bits per heavy atom. The van der Waals surface area contributed by atoms with Gasteiger partial charge in [0.1, 0.15) is 5.60 Å². The Hall–Kier alpha value is -0.570. The Balaban J connectivity index is 1.88. The molecule has 0 aromatic heterocycles. The van der Waals surface area contributed by atoms with Gasteiger partial charge in [-0.25, -0.2) is 0 Å². The fourth-order valence-corrected chi connectivity index (χ4v) is 2.82. The lowest BCUT2D eigenvalue weighted by molar-refractivity contribution is -0.157. The smallest absolute Gasteiger partial charge is 0.310 e. The van der Waals surface area contributed by atoms with Crippen molar-refractivity contribution >= 4 is 5.97 Å². The van der Waals surface area contributed by atoms with Crippen LogP contribution < -0.4 is 5.73 Å². The quantitative estimate of drug-likeness (QED) is 0.696. The SMILES string of the molecule is CC(C)(C)OC(=O)C1CC12CCC(N)CC2. The Morgan fingerprint density at radius 2 is 1.88 bits per heavy atom. The van der Waals surface area contributed by atoms with E-state index in [1.54, 1.807) is 0 Å². The zero-order chi connectivity index (χ0) is 12.0. The first kappa shape index (κ1) is 11.9. The minimum Gasteiger partial charge on any atom is -0.460 e. The molecule has 0 amide bonds. The van der Waals surface area contributed by atoms with E-state index in [0.717, 1.165) is 32.1 Å². The Morgan fingerprint density at radius 3 is 2.38 bits per heavy atom. The molecular formula is C13H23NO2. The topological polar surface area (TPSA) is 52.3 Å². The zero-order valence-electron chi connectivity index (χ0n) is 10.6. The van der Waals surface area contributed by atoms with Crippen LogP contribution >= 0.6 is 0 Å². The van der Waals surface area contributed by atoms with Gasteiger partial charge in [0.25, 0.3) is 0 Å². The number of hydrogen-bond donors (Lipinski definition) is 1. The predicted octanol–water partition coefficient (Wildman–Crippen LogP) is 2.24. The lowest BCUT2D eigenvalue weighted by Crippen LogP contribution is -2.31. The predicted molar refractivity (Wildman–Crippen MR) is 62.8 cm³/mol. The van der Waals surface area contributed by atoms with Gasteiger partial charge in [0.2, 0.25) is 0 Å². The first-order chi connectivity index (χ1) is 7.32. The molecule has 92 valence electrons. The molecule has 2 fully saturated rings. The van der Waals surface area contributed by atoms with Crippen LogP contribution in [0.25, 0.3) is 0 Å². The fraction of sp³-hybridized carbons (Fsp3) is 0.923. The van der Waals surface area contributed by atoms with Crippen LogP contribution in [-0.4, -0.2) is 17.6 Å². The van der Waals surface area contributed by atoms with E-state index < -0.39 is 0 Å². The molecule has 1 spiro atoms. The number of rotatable bonds is 1. The Bertz CT molecular complexity index is 285. The van der Waals surface area contributed by atoms with E-state index >= 15 is 0 Å². The van der Waals surface area contributed by atoms with Crippen molar-refractivity contribution in [2.45, 2.75) is 64.5 Å². The number of carbonyl (C=O) groups is 1. The zero-order valence-corrected chi connectivity index (χ0v) is 10.6. The van der Waals surface area contributed by atoms with Crippen LogP contribution in [0.2, 0.25) is 0 Å². The summed E-state index contributed by atoms with van der Waals surface area (Å²) in [6, 6.07) is 0.352. The highest BCUT2D eigenvalue weighted by Gasteiger charge is 2.59. The molecule has 0 aliphatic heterocycles. The van der Waals surface area contributed by atoms with Crippen LogP contribution in [0.5, 0.6) is 0 Å². The molecule has 0 bridgehead atoms. The fourth-order valence-electron chi connectivity index (χ4n) is 2.82. The minimum absolute atomic E-state index is 0.00275. The van der Waals surface area contributed by atoms with Crippen LogP contribution in [0.3, 0.4) is 0 Å². The first-order valence-corrected chi connectivity index (χ1v) is 6.31. The third kappa shape index (κ3) is 2.40. The van der Waals surface area contributed by atoms with Gasteiger partial charge in [-0.1, -0.05) is 0 Å². The lowest BCUT2D eigenvalue weighted by Gasteiger charge is -2.27. The average molecular weight is 225 g/mol. The van der Waals surface area contributed by atoms with Crippen molar-refractivity contribution in [1.29, 1.82) is 0 Å². The van der Waals surface area contributed by atoms with Crippen molar-refractivity contribution in [1.82, 2.24) is 0 Å². The molecule has 2 saturated carbocycles. The van der Waals surface area contributed by atoms with Crippen molar-refractivity contribution in [3.8, 4) is 0 Å². The molecule has 0 heterocycles. The van der Waals surface area contributed by atoms with Crippen LogP contribution in [0.4, 0.5) is 0 Å². The molecule has 3 heteroatoms. The molecule has 2 N–H and O–H groups in total. The molecule has 2 rings (SSSR count). The third-order valence-electron chi connectivity index (χ3n) is 3.91. The van der Waals surface area contributed by atoms with Crippen molar-refractivity contribution in [2.75, 3.05) is 0 Å². The maximum absolute atomic E-state index is 11.9. The molecule has 16 heavy (non-hydrogen) atoms. The van der Waals surface area contributed by atoms with Gasteiger partial charge >= 0.3 is 5.97 Å². The molecule has 2 aliphatic rings. The highest BCUT2D eigenvalue weighted by atomic mass is 16.6. The Labute approximate surface area is 97.7 Å². The van der Waals surface area contributed by atoms with Gasteiger partial charge in [0.15, 0.2) is 0 Å². The molecule has 3 nitrogen and oxygen atoms in total. The molecule has 0 radical (unpaired) electrons. The van der Waals surface area contributed by atoms with E-state index in [0.29, 0.717) is 6.04 Å². The summed E-state index contributed by atoms with van der Waals surface area (Å²) in [6.45, 7) is 5.78. The lowest BCUT2D eigenvalue weighted by atomic mass is 9.82. The largest absolute Gasteiger partial charge is 0.460 e. The second kappa shape index (κ2) is 3.73. The maximum atomic E-state index is 11.9. The summed E-state index contributed by atoms with van der Waals surface area (Å²) in [4.78, 5) is 11.9. The van der Waals surface area contributed by atoms with Gasteiger partial charge in [-0.3, -0.25) is 4.79 Å². The van der Waals surface area contributed by atoms with E-state index in [1.807, 2.05) is 20.8 Å². The van der Waals surface area contributed by atoms with Gasteiger partial charge in [-0.15, -0.1) is 0 Å². The van der Waals surface area contributed by atoms with E-state index in [-0.39, 0.29) is 22.9 Å². The van der Waals surface area contributed by atoms with Crippen molar-refractivity contribution in [2.24, 2.45) is 17.1 Å². The highest BCUT2D eigenvalue weighted by Crippen LogP contribution is 2.61. The number of carbonyl (C=O) groups excluding carboxylic acids is 1. The standard InChI is InChI=1S/C13H23NO2/c1-12(2,3)16-11(15)10-8-13(10)6-4-9(14)5-7-13/h9-10H,4-8,14H2,1-3H3. The normalized spacial score (nSPS) is 38.5. The van der Waals surface area contributed by atoms with Crippen LogP contribution in [0, 0.1) is 11.3 Å². The molecule has 2 aliphatic carbocycles. The van der Waals surface area contributed by atoms with Crippen molar-refractivity contribution in [3.63, 3.8) is 0 Å². The Kier molecular flexibility index (Phi) is 2.77. The second-order valence-corrected chi connectivity index (χ2v) is 6.49. The van der Waals surface area contributed by atoms with Gasteiger partial charge in [0.05, 0.1) is 5.92 Å². The summed E-state index contributed by atoms with van der Waals surface area (Å²) in [5, 5.41) is 0. The monoisotopic (exact) mass is 225 g/mol. The van der Waals surface area contributed by atoms with E-state index in [4.69, 9.17) is 10.5 Å². The van der Waals surface area contributed by atoms with Crippen molar-refractivity contribution < 1.29 is 9.53 Å². The average Bonchev–Trinajstić information content (AvgIpc) is 2.83. The summed E-state index contributed by atoms with van der Waals surface area (Å²) >= 11 is 0. The van der Waals surface area contributed by atoms with Crippen molar-refractivity contribution in [3.05, 3.63) is 0 Å². The molecule has 1 atom stereocenters. The van der Waals surface area contributed by atoms with Crippen LogP contribution in [0.15, 0.2) is 0 Å². The van der Waals surface area contributed by atoms with Crippen LogP contribution in [0.1, 0.15) is 52.9 Å². The first-order valence-electron chi connectivity index (χ1n) is 6.31. The maximum Gasteiger partial charge on any atom is 0.310 e. The molecule has 0 saturated heterocycles.